The Bertz CT molecular complexity index is 546. The number of nitrogens with one attached hydrogen (secondary N) is 1. The van der Waals surface area contributed by atoms with E-state index < -0.39 is 0 Å². The quantitative estimate of drug-likeness (QED) is 0.756. The lowest BCUT2D eigenvalue weighted by Gasteiger charge is -2.04. The Morgan fingerprint density at radius 1 is 1.37 bits per heavy atom. The highest BCUT2D eigenvalue weighted by Gasteiger charge is 2.04. The van der Waals surface area contributed by atoms with Gasteiger partial charge in [0.05, 0.1) is 6.42 Å². The van der Waals surface area contributed by atoms with E-state index in [1.54, 1.807) is 23.1 Å². The molecule has 100 valence electrons. The van der Waals surface area contributed by atoms with Gasteiger partial charge in [0.15, 0.2) is 5.82 Å². The highest BCUT2D eigenvalue weighted by Crippen LogP contribution is 2.05. The summed E-state index contributed by atoms with van der Waals surface area (Å²) in [7, 11) is 1.82. The Labute approximate surface area is 111 Å². The molecule has 0 aliphatic heterocycles. The fourth-order valence-corrected chi connectivity index (χ4v) is 1.70. The topological polar surface area (TPSA) is 85.8 Å². The van der Waals surface area contributed by atoms with E-state index in [0.29, 0.717) is 25.1 Å². The maximum atomic E-state index is 11.7. The van der Waals surface area contributed by atoms with Crippen molar-refractivity contribution in [1.29, 1.82) is 0 Å². The first-order valence-corrected chi connectivity index (χ1v) is 6.09. The SMILES string of the molecule is Cn1cnc(CCNC(=O)Cc2ccc(N)cc2)n1. The smallest absolute Gasteiger partial charge is 0.224 e. The van der Waals surface area contributed by atoms with E-state index in [1.165, 1.54) is 0 Å². The van der Waals surface area contributed by atoms with Gasteiger partial charge in [0, 0.05) is 25.7 Å². The number of nitrogens with zero attached hydrogens (tertiary/aromatic N) is 3. The number of benzene rings is 1. The van der Waals surface area contributed by atoms with Crippen molar-refractivity contribution in [2.24, 2.45) is 7.05 Å². The summed E-state index contributed by atoms with van der Waals surface area (Å²) in [6.45, 7) is 0.540. The van der Waals surface area contributed by atoms with Gasteiger partial charge in [0.2, 0.25) is 5.91 Å². The van der Waals surface area contributed by atoms with Crippen molar-refractivity contribution in [1.82, 2.24) is 20.1 Å². The zero-order valence-corrected chi connectivity index (χ0v) is 10.8. The minimum absolute atomic E-state index is 0.0132. The normalized spacial score (nSPS) is 10.4. The van der Waals surface area contributed by atoms with Gasteiger partial charge in [-0.2, -0.15) is 5.10 Å². The van der Waals surface area contributed by atoms with Crippen LogP contribution in [0.15, 0.2) is 30.6 Å². The average Bonchev–Trinajstić information content (AvgIpc) is 2.78. The molecule has 19 heavy (non-hydrogen) atoms. The van der Waals surface area contributed by atoms with Crippen LogP contribution in [0.2, 0.25) is 0 Å². The van der Waals surface area contributed by atoms with Gasteiger partial charge >= 0.3 is 0 Å². The summed E-state index contributed by atoms with van der Waals surface area (Å²) in [5, 5.41) is 6.99. The molecule has 0 radical (unpaired) electrons. The van der Waals surface area contributed by atoms with Crippen molar-refractivity contribution in [3.05, 3.63) is 42.0 Å². The summed E-state index contributed by atoms with van der Waals surface area (Å²) in [5.41, 5.74) is 7.23. The molecule has 6 nitrogen and oxygen atoms in total. The molecule has 3 N–H and O–H groups in total. The van der Waals surface area contributed by atoms with E-state index in [-0.39, 0.29) is 5.91 Å². The fourth-order valence-electron chi connectivity index (χ4n) is 1.70. The van der Waals surface area contributed by atoms with Crippen LogP contribution in [0.4, 0.5) is 5.69 Å². The second kappa shape index (κ2) is 5.99. The number of nitrogens with two attached hydrogens (primary N) is 1. The van der Waals surface area contributed by atoms with Gasteiger partial charge in [-0.25, -0.2) is 4.98 Å². The molecule has 0 fully saturated rings. The van der Waals surface area contributed by atoms with Crippen molar-refractivity contribution in [3.8, 4) is 0 Å². The van der Waals surface area contributed by atoms with Gasteiger partial charge in [0.25, 0.3) is 0 Å². The van der Waals surface area contributed by atoms with E-state index in [0.717, 1.165) is 11.4 Å². The Balaban J connectivity index is 1.74. The molecule has 1 aromatic carbocycles. The second-order valence-electron chi connectivity index (χ2n) is 4.35. The lowest BCUT2D eigenvalue weighted by Crippen LogP contribution is -2.27. The van der Waals surface area contributed by atoms with Crippen molar-refractivity contribution in [2.45, 2.75) is 12.8 Å². The highest BCUT2D eigenvalue weighted by atomic mass is 16.1. The number of hydrogen-bond acceptors (Lipinski definition) is 4. The van der Waals surface area contributed by atoms with Gasteiger partial charge in [-0.1, -0.05) is 12.1 Å². The zero-order chi connectivity index (χ0) is 13.7. The Hall–Kier alpha value is -2.37. The molecule has 6 heteroatoms. The predicted molar refractivity (Wildman–Crippen MR) is 72.3 cm³/mol. The first-order valence-electron chi connectivity index (χ1n) is 6.09. The van der Waals surface area contributed by atoms with Crippen molar-refractivity contribution < 1.29 is 4.79 Å². The average molecular weight is 259 g/mol. The van der Waals surface area contributed by atoms with Gasteiger partial charge in [-0.15, -0.1) is 0 Å². The van der Waals surface area contributed by atoms with Crippen LogP contribution in [-0.2, 0) is 24.7 Å². The summed E-state index contributed by atoms with van der Waals surface area (Å²) in [5.74, 6) is 0.719. The number of carbonyl (C=O) groups is 1. The summed E-state index contributed by atoms with van der Waals surface area (Å²) in [6, 6.07) is 7.30. The van der Waals surface area contributed by atoms with Crippen molar-refractivity contribution in [2.75, 3.05) is 12.3 Å². The third kappa shape index (κ3) is 4.09. The van der Waals surface area contributed by atoms with Crippen LogP contribution in [-0.4, -0.2) is 27.2 Å². The number of carbonyl (C=O) groups excluding carboxylic acids is 1. The highest BCUT2D eigenvalue weighted by molar-refractivity contribution is 5.78. The number of rotatable bonds is 5. The summed E-state index contributed by atoms with van der Waals surface area (Å²) < 4.78 is 1.64. The molecule has 1 amide bonds. The molecule has 0 spiro atoms. The van der Waals surface area contributed by atoms with E-state index >= 15 is 0 Å². The molecule has 0 aliphatic carbocycles. The van der Waals surface area contributed by atoms with Crippen LogP contribution < -0.4 is 11.1 Å². The van der Waals surface area contributed by atoms with E-state index in [1.807, 2.05) is 19.2 Å². The maximum Gasteiger partial charge on any atom is 0.224 e. The van der Waals surface area contributed by atoms with Crippen LogP contribution in [0.5, 0.6) is 0 Å². The summed E-state index contributed by atoms with van der Waals surface area (Å²) in [6.07, 6.45) is 2.63. The monoisotopic (exact) mass is 259 g/mol. The minimum Gasteiger partial charge on any atom is -0.399 e. The van der Waals surface area contributed by atoms with Gasteiger partial charge in [0.1, 0.15) is 6.33 Å². The number of aryl methyl sites for hydroxylation is 1. The third-order valence-electron chi connectivity index (χ3n) is 2.66. The van der Waals surface area contributed by atoms with Crippen molar-refractivity contribution >= 4 is 11.6 Å². The summed E-state index contributed by atoms with van der Waals surface area (Å²) in [4.78, 5) is 15.8. The van der Waals surface area contributed by atoms with Crippen LogP contribution in [0.25, 0.3) is 0 Å². The fraction of sp³-hybridized carbons (Fsp3) is 0.308. The molecule has 0 atom stereocenters. The maximum absolute atomic E-state index is 11.7. The Morgan fingerprint density at radius 2 is 2.11 bits per heavy atom. The molecule has 0 aliphatic rings. The Kier molecular flexibility index (Phi) is 4.12. The second-order valence-corrected chi connectivity index (χ2v) is 4.35. The molecular weight excluding hydrogens is 242 g/mol. The standard InChI is InChI=1S/C13H17N5O/c1-18-9-16-12(17-18)6-7-15-13(19)8-10-2-4-11(14)5-3-10/h2-5,9H,6-8,14H2,1H3,(H,15,19). The third-order valence-corrected chi connectivity index (χ3v) is 2.66. The lowest BCUT2D eigenvalue weighted by atomic mass is 10.1. The first kappa shape index (κ1) is 13.1. The zero-order valence-electron chi connectivity index (χ0n) is 10.8. The molecule has 2 aromatic rings. The van der Waals surface area contributed by atoms with Crippen LogP contribution >= 0.6 is 0 Å². The van der Waals surface area contributed by atoms with E-state index in [4.69, 9.17) is 5.73 Å². The first-order chi connectivity index (χ1) is 9.13. The Morgan fingerprint density at radius 3 is 2.74 bits per heavy atom. The van der Waals surface area contributed by atoms with Crippen molar-refractivity contribution in [3.63, 3.8) is 0 Å². The lowest BCUT2D eigenvalue weighted by molar-refractivity contribution is -0.120. The number of hydrogen-bond donors (Lipinski definition) is 2. The molecule has 1 heterocycles. The summed E-state index contributed by atoms with van der Waals surface area (Å²) >= 11 is 0. The largest absolute Gasteiger partial charge is 0.399 e. The molecule has 0 unspecified atom stereocenters. The van der Waals surface area contributed by atoms with E-state index in [9.17, 15) is 4.79 Å². The van der Waals surface area contributed by atoms with Crippen LogP contribution in [0.3, 0.4) is 0 Å². The number of anilines is 1. The van der Waals surface area contributed by atoms with Crippen LogP contribution in [0.1, 0.15) is 11.4 Å². The number of nitrogen functional groups attached to an aromatic ring is 1. The number of aromatic nitrogens is 3. The van der Waals surface area contributed by atoms with E-state index in [2.05, 4.69) is 15.4 Å². The molecule has 0 bridgehead atoms. The minimum atomic E-state index is -0.0132. The number of amides is 1. The van der Waals surface area contributed by atoms with Crippen LogP contribution in [0, 0.1) is 0 Å². The van der Waals surface area contributed by atoms with Gasteiger partial charge in [-0.3, -0.25) is 9.48 Å². The van der Waals surface area contributed by atoms with Gasteiger partial charge < -0.3 is 11.1 Å². The predicted octanol–water partition coefficient (Wildman–Crippen LogP) is 0.299. The van der Waals surface area contributed by atoms with Gasteiger partial charge in [-0.05, 0) is 17.7 Å². The molecule has 0 saturated heterocycles. The molecule has 2 rings (SSSR count). The molecule has 1 aromatic heterocycles. The molecule has 0 saturated carbocycles. The molecular formula is C13H17N5O.